The van der Waals surface area contributed by atoms with Crippen molar-refractivity contribution in [3.05, 3.63) is 23.8 Å². The number of aliphatic imine (C=N–C) groups is 1. The number of nitrogens with one attached hydrogen (secondary N) is 2. The minimum absolute atomic E-state index is 0.803. The molecule has 0 heterocycles. The molecule has 19 heavy (non-hydrogen) atoms. The van der Waals surface area contributed by atoms with E-state index in [1.165, 1.54) is 0 Å². The van der Waals surface area contributed by atoms with Crippen LogP contribution in [-0.4, -0.2) is 40.8 Å². The molecular formula is C14H23N3O2. The van der Waals surface area contributed by atoms with Crippen molar-refractivity contribution in [1.82, 2.24) is 10.6 Å². The highest BCUT2D eigenvalue weighted by Crippen LogP contribution is 2.24. The molecule has 106 valence electrons. The SMILES string of the molecule is CN=C(NC)NCCCc1cc(OC)ccc1OC. The molecule has 0 unspecified atom stereocenters. The maximum atomic E-state index is 5.35. The topological polar surface area (TPSA) is 54.9 Å². The zero-order chi connectivity index (χ0) is 14.1. The van der Waals surface area contributed by atoms with E-state index in [0.717, 1.165) is 42.4 Å². The number of benzene rings is 1. The van der Waals surface area contributed by atoms with Gasteiger partial charge in [-0.3, -0.25) is 4.99 Å². The van der Waals surface area contributed by atoms with Gasteiger partial charge in [-0.1, -0.05) is 0 Å². The molecule has 1 rings (SSSR count). The van der Waals surface area contributed by atoms with Crippen molar-refractivity contribution in [3.63, 3.8) is 0 Å². The smallest absolute Gasteiger partial charge is 0.190 e. The Balaban J connectivity index is 2.52. The molecule has 0 aliphatic heterocycles. The van der Waals surface area contributed by atoms with Crippen molar-refractivity contribution in [1.29, 1.82) is 0 Å². The van der Waals surface area contributed by atoms with Gasteiger partial charge in [-0.05, 0) is 36.6 Å². The van der Waals surface area contributed by atoms with Crippen LogP contribution in [0.2, 0.25) is 0 Å². The van der Waals surface area contributed by atoms with Crippen molar-refractivity contribution in [2.75, 3.05) is 34.9 Å². The van der Waals surface area contributed by atoms with E-state index < -0.39 is 0 Å². The minimum atomic E-state index is 0.803. The van der Waals surface area contributed by atoms with E-state index in [4.69, 9.17) is 9.47 Å². The largest absolute Gasteiger partial charge is 0.497 e. The van der Waals surface area contributed by atoms with Crippen LogP contribution in [0, 0.1) is 0 Å². The molecule has 0 spiro atoms. The molecule has 0 aliphatic rings. The fourth-order valence-electron chi connectivity index (χ4n) is 1.84. The van der Waals surface area contributed by atoms with Gasteiger partial charge in [0.1, 0.15) is 11.5 Å². The highest BCUT2D eigenvalue weighted by Gasteiger charge is 2.05. The van der Waals surface area contributed by atoms with E-state index in [0.29, 0.717) is 0 Å². The van der Waals surface area contributed by atoms with Gasteiger partial charge in [0.15, 0.2) is 5.96 Å². The van der Waals surface area contributed by atoms with E-state index in [-0.39, 0.29) is 0 Å². The number of ether oxygens (including phenoxy) is 2. The van der Waals surface area contributed by atoms with E-state index in [2.05, 4.69) is 15.6 Å². The molecule has 0 saturated heterocycles. The summed E-state index contributed by atoms with van der Waals surface area (Å²) in [6.07, 6.45) is 1.91. The lowest BCUT2D eigenvalue weighted by Crippen LogP contribution is -2.35. The molecule has 1 aromatic carbocycles. The van der Waals surface area contributed by atoms with Gasteiger partial charge in [0.25, 0.3) is 0 Å². The third-order valence-corrected chi connectivity index (χ3v) is 2.86. The number of hydrogen-bond acceptors (Lipinski definition) is 3. The fourth-order valence-corrected chi connectivity index (χ4v) is 1.84. The van der Waals surface area contributed by atoms with Crippen molar-refractivity contribution >= 4 is 5.96 Å². The van der Waals surface area contributed by atoms with Gasteiger partial charge in [-0.2, -0.15) is 0 Å². The first-order valence-corrected chi connectivity index (χ1v) is 6.34. The molecule has 5 nitrogen and oxygen atoms in total. The Morgan fingerprint density at radius 3 is 2.63 bits per heavy atom. The van der Waals surface area contributed by atoms with Crippen molar-refractivity contribution in [2.24, 2.45) is 4.99 Å². The summed E-state index contributed by atoms with van der Waals surface area (Å²) in [6.45, 7) is 0.855. The van der Waals surface area contributed by atoms with Gasteiger partial charge in [0.2, 0.25) is 0 Å². The lowest BCUT2D eigenvalue weighted by Gasteiger charge is -2.11. The molecule has 1 aromatic rings. The number of nitrogens with zero attached hydrogens (tertiary/aromatic N) is 1. The first-order valence-electron chi connectivity index (χ1n) is 6.34. The molecule has 0 fully saturated rings. The van der Waals surface area contributed by atoms with Gasteiger partial charge in [0, 0.05) is 20.6 Å². The summed E-state index contributed by atoms with van der Waals surface area (Å²) in [5.41, 5.74) is 1.16. The number of guanidine groups is 1. The maximum absolute atomic E-state index is 5.35. The van der Waals surface area contributed by atoms with Gasteiger partial charge >= 0.3 is 0 Å². The van der Waals surface area contributed by atoms with Crippen molar-refractivity contribution < 1.29 is 9.47 Å². The Morgan fingerprint density at radius 2 is 2.05 bits per heavy atom. The minimum Gasteiger partial charge on any atom is -0.497 e. The summed E-state index contributed by atoms with van der Waals surface area (Å²) >= 11 is 0. The Morgan fingerprint density at radius 1 is 1.26 bits per heavy atom. The standard InChI is InChI=1S/C14H23N3O2/c1-15-14(16-2)17-9-5-6-11-10-12(18-3)7-8-13(11)19-4/h7-8,10H,5-6,9H2,1-4H3,(H2,15,16,17). The highest BCUT2D eigenvalue weighted by molar-refractivity contribution is 5.79. The van der Waals surface area contributed by atoms with Crippen LogP contribution in [0.5, 0.6) is 11.5 Å². The summed E-state index contributed by atoms with van der Waals surface area (Å²) < 4.78 is 10.6. The first kappa shape index (κ1) is 15.1. The quantitative estimate of drug-likeness (QED) is 0.464. The Labute approximate surface area is 115 Å². The number of hydrogen-bond donors (Lipinski definition) is 2. The molecule has 0 aromatic heterocycles. The maximum Gasteiger partial charge on any atom is 0.190 e. The van der Waals surface area contributed by atoms with E-state index in [1.807, 2.05) is 25.2 Å². The lowest BCUT2D eigenvalue weighted by atomic mass is 10.1. The Bertz CT molecular complexity index is 419. The second kappa shape index (κ2) is 8.24. The molecule has 0 radical (unpaired) electrons. The van der Waals surface area contributed by atoms with Crippen LogP contribution in [0.3, 0.4) is 0 Å². The third-order valence-electron chi connectivity index (χ3n) is 2.86. The molecule has 5 heteroatoms. The van der Waals surface area contributed by atoms with Crippen molar-refractivity contribution in [2.45, 2.75) is 12.8 Å². The van der Waals surface area contributed by atoms with Crippen molar-refractivity contribution in [3.8, 4) is 11.5 Å². The molecule has 2 N–H and O–H groups in total. The molecule has 0 saturated carbocycles. The molecule has 0 bridgehead atoms. The van der Waals surface area contributed by atoms with Gasteiger partial charge in [0.05, 0.1) is 14.2 Å². The second-order valence-electron chi connectivity index (χ2n) is 4.03. The lowest BCUT2D eigenvalue weighted by molar-refractivity contribution is 0.398. The number of rotatable bonds is 6. The predicted octanol–water partition coefficient (Wildman–Crippen LogP) is 1.43. The normalized spacial score (nSPS) is 11.1. The summed E-state index contributed by atoms with van der Waals surface area (Å²) in [5.74, 6) is 2.56. The monoisotopic (exact) mass is 265 g/mol. The highest BCUT2D eigenvalue weighted by atomic mass is 16.5. The van der Waals surface area contributed by atoms with Crippen LogP contribution >= 0.6 is 0 Å². The zero-order valence-electron chi connectivity index (χ0n) is 12.1. The van der Waals surface area contributed by atoms with Crippen LogP contribution in [0.25, 0.3) is 0 Å². The summed E-state index contributed by atoms with van der Waals surface area (Å²) in [4.78, 5) is 4.06. The summed E-state index contributed by atoms with van der Waals surface area (Å²) in [5, 5.41) is 6.21. The van der Waals surface area contributed by atoms with Gasteiger partial charge in [-0.25, -0.2) is 0 Å². The number of aryl methyl sites for hydroxylation is 1. The Kier molecular flexibility index (Phi) is 6.57. The van der Waals surface area contributed by atoms with E-state index >= 15 is 0 Å². The average Bonchev–Trinajstić information content (AvgIpc) is 2.47. The third kappa shape index (κ3) is 4.69. The molecule has 0 aliphatic carbocycles. The number of methoxy groups -OCH3 is 2. The Hall–Kier alpha value is -1.91. The molecule has 0 amide bonds. The second-order valence-corrected chi connectivity index (χ2v) is 4.03. The molecule has 0 atom stereocenters. The van der Waals surface area contributed by atoms with Crippen LogP contribution in [0.15, 0.2) is 23.2 Å². The van der Waals surface area contributed by atoms with Crippen LogP contribution in [0.4, 0.5) is 0 Å². The van der Waals surface area contributed by atoms with Crippen LogP contribution < -0.4 is 20.1 Å². The van der Waals surface area contributed by atoms with E-state index in [9.17, 15) is 0 Å². The van der Waals surface area contributed by atoms with Crippen LogP contribution in [-0.2, 0) is 6.42 Å². The van der Waals surface area contributed by atoms with Crippen LogP contribution in [0.1, 0.15) is 12.0 Å². The summed E-state index contributed by atoms with van der Waals surface area (Å²) in [7, 11) is 6.96. The van der Waals surface area contributed by atoms with E-state index in [1.54, 1.807) is 21.3 Å². The fraction of sp³-hybridized carbons (Fsp3) is 0.500. The van der Waals surface area contributed by atoms with Gasteiger partial charge < -0.3 is 20.1 Å². The first-order chi connectivity index (χ1) is 9.24. The zero-order valence-corrected chi connectivity index (χ0v) is 12.1. The average molecular weight is 265 g/mol. The van der Waals surface area contributed by atoms with Gasteiger partial charge in [-0.15, -0.1) is 0 Å². The molecular weight excluding hydrogens is 242 g/mol. The summed E-state index contributed by atoms with van der Waals surface area (Å²) in [6, 6.07) is 5.86. The predicted molar refractivity (Wildman–Crippen MR) is 78.3 cm³/mol.